The number of carbonyl (C=O) groups is 1. The largest absolute Gasteiger partial charge is 0.368 e. The van der Waals surface area contributed by atoms with E-state index < -0.39 is 0 Å². The number of hydrogen-bond donors (Lipinski definition) is 0. The summed E-state index contributed by atoms with van der Waals surface area (Å²) in [5.74, 6) is 2.65. The predicted molar refractivity (Wildman–Crippen MR) is 107 cm³/mol. The number of rotatable bonds is 3. The van der Waals surface area contributed by atoms with Crippen molar-refractivity contribution in [1.82, 2.24) is 4.90 Å². The standard InChI is InChI=1S/C23H34N2O/c1-18-8-12-22(13-9-18)24-14-16-25(17-15-24)23(26)21-7-3-6-20(10-11-21)19-4-2-5-19/h8-9,12-13,19-21H,2-7,10-11,14-17H2,1H3. The maximum atomic E-state index is 13.1. The second-order valence-corrected chi connectivity index (χ2v) is 8.80. The molecule has 2 atom stereocenters. The summed E-state index contributed by atoms with van der Waals surface area (Å²) in [5, 5.41) is 0. The fourth-order valence-corrected chi connectivity index (χ4v) is 5.16. The number of amides is 1. The van der Waals surface area contributed by atoms with Crippen molar-refractivity contribution in [3.05, 3.63) is 29.8 Å². The minimum atomic E-state index is 0.297. The quantitative estimate of drug-likeness (QED) is 0.738. The van der Waals surface area contributed by atoms with E-state index in [-0.39, 0.29) is 0 Å². The topological polar surface area (TPSA) is 23.6 Å². The van der Waals surface area contributed by atoms with Crippen molar-refractivity contribution >= 4 is 11.6 Å². The summed E-state index contributed by atoms with van der Waals surface area (Å²) >= 11 is 0. The molecule has 1 heterocycles. The Labute approximate surface area is 158 Å². The van der Waals surface area contributed by atoms with Crippen LogP contribution in [0.1, 0.15) is 56.9 Å². The van der Waals surface area contributed by atoms with E-state index in [0.29, 0.717) is 11.8 Å². The molecule has 0 radical (unpaired) electrons. The lowest BCUT2D eigenvalue weighted by Crippen LogP contribution is -2.50. The SMILES string of the molecule is Cc1ccc(N2CCN(C(=O)C3CCCC(C4CCC4)CC3)CC2)cc1. The molecule has 26 heavy (non-hydrogen) atoms. The second-order valence-electron chi connectivity index (χ2n) is 8.80. The van der Waals surface area contributed by atoms with E-state index in [2.05, 4.69) is 41.0 Å². The van der Waals surface area contributed by atoms with Crippen LogP contribution in [0.15, 0.2) is 24.3 Å². The lowest BCUT2D eigenvalue weighted by atomic mass is 9.73. The Balaban J connectivity index is 1.28. The third-order valence-electron chi connectivity index (χ3n) is 7.17. The van der Waals surface area contributed by atoms with Gasteiger partial charge in [0.25, 0.3) is 0 Å². The molecule has 1 aromatic carbocycles. The Morgan fingerprint density at radius 1 is 0.808 bits per heavy atom. The van der Waals surface area contributed by atoms with E-state index in [1.54, 1.807) is 0 Å². The van der Waals surface area contributed by atoms with Gasteiger partial charge in [-0.3, -0.25) is 4.79 Å². The number of nitrogens with zero attached hydrogens (tertiary/aromatic N) is 2. The van der Waals surface area contributed by atoms with Crippen LogP contribution in [0.4, 0.5) is 5.69 Å². The zero-order valence-electron chi connectivity index (χ0n) is 16.3. The molecule has 2 aliphatic carbocycles. The molecule has 1 amide bonds. The molecular weight excluding hydrogens is 320 g/mol. The van der Waals surface area contributed by atoms with Crippen molar-refractivity contribution in [2.45, 2.75) is 58.3 Å². The van der Waals surface area contributed by atoms with Gasteiger partial charge in [0, 0.05) is 37.8 Å². The van der Waals surface area contributed by atoms with E-state index in [0.717, 1.165) is 50.9 Å². The minimum absolute atomic E-state index is 0.297. The molecular formula is C23H34N2O. The highest BCUT2D eigenvalue weighted by Crippen LogP contribution is 2.41. The van der Waals surface area contributed by atoms with E-state index in [1.807, 2.05) is 0 Å². The highest BCUT2D eigenvalue weighted by Gasteiger charge is 2.33. The van der Waals surface area contributed by atoms with Crippen LogP contribution in [0, 0.1) is 24.7 Å². The van der Waals surface area contributed by atoms with E-state index in [9.17, 15) is 4.79 Å². The molecule has 2 saturated carbocycles. The highest BCUT2D eigenvalue weighted by molar-refractivity contribution is 5.79. The van der Waals surface area contributed by atoms with Gasteiger partial charge in [-0.2, -0.15) is 0 Å². The summed E-state index contributed by atoms with van der Waals surface area (Å²) in [6.45, 7) is 5.83. The van der Waals surface area contributed by atoms with E-state index >= 15 is 0 Å². The van der Waals surface area contributed by atoms with Crippen LogP contribution in [0.2, 0.25) is 0 Å². The molecule has 1 saturated heterocycles. The van der Waals surface area contributed by atoms with Gasteiger partial charge < -0.3 is 9.80 Å². The molecule has 1 aromatic rings. The van der Waals surface area contributed by atoms with Crippen LogP contribution >= 0.6 is 0 Å². The van der Waals surface area contributed by atoms with Gasteiger partial charge in [0.1, 0.15) is 0 Å². The Morgan fingerprint density at radius 3 is 2.08 bits per heavy atom. The average molecular weight is 355 g/mol. The summed E-state index contributed by atoms with van der Waals surface area (Å²) < 4.78 is 0. The molecule has 0 aromatic heterocycles. The summed E-state index contributed by atoms with van der Waals surface area (Å²) in [6.07, 6.45) is 10.5. The molecule has 2 unspecified atom stereocenters. The summed E-state index contributed by atoms with van der Waals surface area (Å²) in [4.78, 5) is 17.6. The Morgan fingerprint density at radius 2 is 1.42 bits per heavy atom. The first-order chi connectivity index (χ1) is 12.7. The molecule has 3 aliphatic rings. The second kappa shape index (κ2) is 8.02. The van der Waals surface area contributed by atoms with Gasteiger partial charge in [-0.05, 0) is 50.2 Å². The minimum Gasteiger partial charge on any atom is -0.368 e. The first-order valence-electron chi connectivity index (χ1n) is 10.8. The third-order valence-corrected chi connectivity index (χ3v) is 7.17. The highest BCUT2D eigenvalue weighted by atomic mass is 16.2. The molecule has 0 bridgehead atoms. The van der Waals surface area contributed by atoms with Gasteiger partial charge in [0.15, 0.2) is 0 Å². The lowest BCUT2D eigenvalue weighted by molar-refractivity contribution is -0.136. The van der Waals surface area contributed by atoms with Crippen LogP contribution < -0.4 is 4.90 Å². The average Bonchev–Trinajstić information content (AvgIpc) is 2.87. The van der Waals surface area contributed by atoms with Crippen molar-refractivity contribution in [1.29, 1.82) is 0 Å². The monoisotopic (exact) mass is 354 g/mol. The molecule has 3 fully saturated rings. The first kappa shape index (κ1) is 17.9. The van der Waals surface area contributed by atoms with Gasteiger partial charge in [-0.15, -0.1) is 0 Å². The molecule has 0 N–H and O–H groups in total. The van der Waals surface area contributed by atoms with Crippen molar-refractivity contribution in [3.63, 3.8) is 0 Å². The third kappa shape index (κ3) is 3.92. The van der Waals surface area contributed by atoms with Gasteiger partial charge in [0.05, 0.1) is 0 Å². The van der Waals surface area contributed by atoms with Gasteiger partial charge in [-0.25, -0.2) is 0 Å². The van der Waals surface area contributed by atoms with E-state index in [1.165, 1.54) is 49.8 Å². The molecule has 4 rings (SSSR count). The molecule has 142 valence electrons. The zero-order chi connectivity index (χ0) is 17.9. The Bertz CT molecular complexity index is 599. The van der Waals surface area contributed by atoms with E-state index in [4.69, 9.17) is 0 Å². The molecule has 3 nitrogen and oxygen atoms in total. The lowest BCUT2D eigenvalue weighted by Gasteiger charge is -2.37. The Hall–Kier alpha value is -1.51. The smallest absolute Gasteiger partial charge is 0.225 e. The van der Waals surface area contributed by atoms with Crippen LogP contribution in [0.3, 0.4) is 0 Å². The normalized spacial score (nSPS) is 27.7. The van der Waals surface area contributed by atoms with Gasteiger partial charge >= 0.3 is 0 Å². The zero-order valence-corrected chi connectivity index (χ0v) is 16.3. The first-order valence-corrected chi connectivity index (χ1v) is 10.8. The van der Waals surface area contributed by atoms with Crippen molar-refractivity contribution in [3.8, 4) is 0 Å². The van der Waals surface area contributed by atoms with Crippen molar-refractivity contribution in [2.24, 2.45) is 17.8 Å². The van der Waals surface area contributed by atoms with Gasteiger partial charge in [-0.1, -0.05) is 49.8 Å². The number of piperazine rings is 1. The molecule has 0 spiro atoms. The predicted octanol–water partition coefficient (Wildman–Crippen LogP) is 4.64. The van der Waals surface area contributed by atoms with Crippen molar-refractivity contribution < 1.29 is 4.79 Å². The van der Waals surface area contributed by atoms with Crippen LogP contribution in [0.5, 0.6) is 0 Å². The summed E-state index contributed by atoms with van der Waals surface area (Å²) in [7, 11) is 0. The van der Waals surface area contributed by atoms with Crippen LogP contribution in [0.25, 0.3) is 0 Å². The molecule has 3 heteroatoms. The summed E-state index contributed by atoms with van der Waals surface area (Å²) in [5.41, 5.74) is 2.59. The number of anilines is 1. The summed E-state index contributed by atoms with van der Waals surface area (Å²) in [6, 6.07) is 8.77. The number of hydrogen-bond acceptors (Lipinski definition) is 2. The maximum absolute atomic E-state index is 13.1. The van der Waals surface area contributed by atoms with Gasteiger partial charge in [0.2, 0.25) is 5.91 Å². The van der Waals surface area contributed by atoms with Crippen LogP contribution in [-0.2, 0) is 4.79 Å². The number of benzene rings is 1. The molecule has 1 aliphatic heterocycles. The fourth-order valence-electron chi connectivity index (χ4n) is 5.16. The maximum Gasteiger partial charge on any atom is 0.225 e. The number of aryl methyl sites for hydroxylation is 1. The fraction of sp³-hybridized carbons (Fsp3) is 0.696. The Kier molecular flexibility index (Phi) is 5.52. The van der Waals surface area contributed by atoms with Crippen molar-refractivity contribution in [2.75, 3.05) is 31.1 Å². The van der Waals surface area contributed by atoms with Crippen LogP contribution in [-0.4, -0.2) is 37.0 Å². The number of carbonyl (C=O) groups excluding carboxylic acids is 1.